The topological polar surface area (TPSA) is 55.8 Å². The van der Waals surface area contributed by atoms with E-state index >= 15 is 0 Å². The normalized spacial score (nSPS) is 14.0. The Hall–Kier alpha value is -2.49. The molecule has 1 aromatic rings. The summed E-state index contributed by atoms with van der Waals surface area (Å²) < 4.78 is 11.1. The van der Waals surface area contributed by atoms with Gasteiger partial charge in [0.15, 0.2) is 0 Å². The lowest BCUT2D eigenvalue weighted by Crippen LogP contribution is -2.09. The predicted molar refractivity (Wildman–Crippen MR) is 105 cm³/mol. The zero-order valence-corrected chi connectivity index (χ0v) is 16.0. The SMILES string of the molecule is COc1cc(C=CC2=CC=CCC2)c(C(=O)O)c(OC)c1CCC(C)C. The molecule has 1 aliphatic rings. The second-order valence-electron chi connectivity index (χ2n) is 6.83. The van der Waals surface area contributed by atoms with E-state index in [0.29, 0.717) is 29.4 Å². The average molecular weight is 356 g/mol. The van der Waals surface area contributed by atoms with Crippen molar-refractivity contribution in [2.75, 3.05) is 14.2 Å². The summed E-state index contributed by atoms with van der Waals surface area (Å²) >= 11 is 0. The maximum atomic E-state index is 12.0. The first kappa shape index (κ1) is 19.8. The Morgan fingerprint density at radius 2 is 2.04 bits per heavy atom. The summed E-state index contributed by atoms with van der Waals surface area (Å²) in [6, 6.07) is 1.80. The molecule has 0 saturated carbocycles. The zero-order valence-electron chi connectivity index (χ0n) is 16.0. The number of rotatable bonds is 8. The fraction of sp³-hybridized carbons (Fsp3) is 0.409. The van der Waals surface area contributed by atoms with Gasteiger partial charge in [-0.3, -0.25) is 0 Å². The maximum absolute atomic E-state index is 12.0. The largest absolute Gasteiger partial charge is 0.496 e. The molecule has 0 amide bonds. The van der Waals surface area contributed by atoms with Gasteiger partial charge in [0.25, 0.3) is 0 Å². The summed E-state index contributed by atoms with van der Waals surface area (Å²) in [5.74, 6) is 0.579. The number of carboxylic acids is 1. The molecule has 0 aromatic heterocycles. The summed E-state index contributed by atoms with van der Waals surface area (Å²) in [6.07, 6.45) is 13.6. The molecule has 1 aliphatic carbocycles. The van der Waals surface area contributed by atoms with Gasteiger partial charge in [0, 0.05) is 5.56 Å². The van der Waals surface area contributed by atoms with E-state index in [4.69, 9.17) is 9.47 Å². The fourth-order valence-corrected chi connectivity index (χ4v) is 3.08. The van der Waals surface area contributed by atoms with E-state index in [1.807, 2.05) is 24.3 Å². The molecule has 0 bridgehead atoms. The van der Waals surface area contributed by atoms with E-state index in [1.165, 1.54) is 12.7 Å². The minimum Gasteiger partial charge on any atom is -0.496 e. The third kappa shape index (κ3) is 4.78. The van der Waals surface area contributed by atoms with Crippen LogP contribution >= 0.6 is 0 Å². The van der Waals surface area contributed by atoms with Crippen LogP contribution in [-0.2, 0) is 6.42 Å². The number of allylic oxidation sites excluding steroid dienone is 5. The van der Waals surface area contributed by atoms with Crippen LogP contribution in [0.5, 0.6) is 11.5 Å². The molecule has 4 heteroatoms. The minimum atomic E-state index is -0.993. The van der Waals surface area contributed by atoms with Crippen LogP contribution in [0, 0.1) is 5.92 Å². The summed E-state index contributed by atoms with van der Waals surface area (Å²) in [7, 11) is 3.12. The highest BCUT2D eigenvalue weighted by atomic mass is 16.5. The van der Waals surface area contributed by atoms with E-state index in [1.54, 1.807) is 13.2 Å². The number of benzene rings is 1. The van der Waals surface area contributed by atoms with Crippen molar-refractivity contribution in [1.29, 1.82) is 0 Å². The first-order valence-corrected chi connectivity index (χ1v) is 9.02. The number of carboxylic acid groups (broad SMARTS) is 1. The Bertz CT molecular complexity index is 739. The van der Waals surface area contributed by atoms with Crippen molar-refractivity contribution in [3.8, 4) is 11.5 Å². The third-order valence-electron chi connectivity index (χ3n) is 4.51. The molecule has 0 saturated heterocycles. The zero-order chi connectivity index (χ0) is 19.1. The number of aromatic carboxylic acids is 1. The average Bonchev–Trinajstić information content (AvgIpc) is 2.64. The summed E-state index contributed by atoms with van der Waals surface area (Å²) in [6.45, 7) is 4.28. The van der Waals surface area contributed by atoms with Gasteiger partial charge in [-0.1, -0.05) is 44.2 Å². The first-order valence-electron chi connectivity index (χ1n) is 9.02. The molecular weight excluding hydrogens is 328 g/mol. The minimum absolute atomic E-state index is 0.190. The van der Waals surface area contributed by atoms with E-state index in [2.05, 4.69) is 19.9 Å². The van der Waals surface area contributed by atoms with Gasteiger partial charge < -0.3 is 14.6 Å². The Kier molecular flexibility index (Phi) is 7.07. The molecule has 0 radical (unpaired) electrons. The van der Waals surface area contributed by atoms with E-state index < -0.39 is 5.97 Å². The van der Waals surface area contributed by atoms with Crippen molar-refractivity contribution >= 4 is 12.0 Å². The molecule has 1 N–H and O–H groups in total. The van der Waals surface area contributed by atoms with Crippen LogP contribution in [0.4, 0.5) is 0 Å². The van der Waals surface area contributed by atoms with E-state index in [9.17, 15) is 9.90 Å². The molecule has 0 atom stereocenters. The van der Waals surface area contributed by atoms with Gasteiger partial charge in [-0.2, -0.15) is 0 Å². The smallest absolute Gasteiger partial charge is 0.340 e. The molecule has 0 heterocycles. The highest BCUT2D eigenvalue weighted by molar-refractivity contribution is 5.96. The van der Waals surface area contributed by atoms with Crippen LogP contribution in [0.2, 0.25) is 0 Å². The number of hydrogen-bond acceptors (Lipinski definition) is 3. The lowest BCUT2D eigenvalue weighted by molar-refractivity contribution is 0.0693. The van der Waals surface area contributed by atoms with E-state index in [0.717, 1.165) is 24.8 Å². The van der Waals surface area contributed by atoms with Crippen LogP contribution in [0.15, 0.2) is 35.9 Å². The van der Waals surface area contributed by atoms with Gasteiger partial charge in [0.1, 0.15) is 17.1 Å². The van der Waals surface area contributed by atoms with Gasteiger partial charge in [0.05, 0.1) is 14.2 Å². The molecular formula is C22H28O4. The van der Waals surface area contributed by atoms with Crippen molar-refractivity contribution in [2.24, 2.45) is 5.92 Å². The molecule has 4 nitrogen and oxygen atoms in total. The molecule has 26 heavy (non-hydrogen) atoms. The van der Waals surface area contributed by atoms with Crippen molar-refractivity contribution < 1.29 is 19.4 Å². The standard InChI is InChI=1S/C22H28O4/c1-15(2)10-13-18-19(25-3)14-17(20(22(23)24)21(18)26-4)12-11-16-8-6-5-7-9-16/h5-6,8,11-12,14-15H,7,9-10,13H2,1-4H3,(H,23,24). The number of methoxy groups -OCH3 is 2. The van der Waals surface area contributed by atoms with Crippen molar-refractivity contribution in [1.82, 2.24) is 0 Å². The van der Waals surface area contributed by atoms with Crippen molar-refractivity contribution in [3.63, 3.8) is 0 Å². The van der Waals surface area contributed by atoms with Gasteiger partial charge in [-0.25, -0.2) is 4.79 Å². The monoisotopic (exact) mass is 356 g/mol. The lowest BCUT2D eigenvalue weighted by atomic mass is 9.94. The molecule has 140 valence electrons. The predicted octanol–water partition coefficient (Wildman–Crippen LogP) is 5.28. The number of ether oxygens (including phenoxy) is 2. The Morgan fingerprint density at radius 1 is 1.27 bits per heavy atom. The first-order chi connectivity index (χ1) is 12.5. The molecule has 0 aliphatic heterocycles. The van der Waals surface area contributed by atoms with Crippen molar-refractivity contribution in [3.05, 3.63) is 52.6 Å². The molecule has 0 fully saturated rings. The van der Waals surface area contributed by atoms with Crippen LogP contribution in [0.25, 0.3) is 6.08 Å². The van der Waals surface area contributed by atoms with Crippen LogP contribution < -0.4 is 9.47 Å². The van der Waals surface area contributed by atoms with E-state index in [-0.39, 0.29) is 5.56 Å². The Labute approximate surface area is 155 Å². The van der Waals surface area contributed by atoms with Crippen LogP contribution in [-0.4, -0.2) is 25.3 Å². The summed E-state index contributed by atoms with van der Waals surface area (Å²) in [5.41, 5.74) is 2.77. The Balaban J connectivity index is 2.53. The molecule has 0 spiro atoms. The second kappa shape index (κ2) is 9.27. The second-order valence-corrected chi connectivity index (χ2v) is 6.83. The van der Waals surface area contributed by atoms with Gasteiger partial charge in [-0.15, -0.1) is 0 Å². The molecule has 0 unspecified atom stereocenters. The van der Waals surface area contributed by atoms with Gasteiger partial charge >= 0.3 is 5.97 Å². The van der Waals surface area contributed by atoms with Gasteiger partial charge in [-0.05, 0) is 48.8 Å². The maximum Gasteiger partial charge on any atom is 0.340 e. The number of carbonyl (C=O) groups is 1. The highest BCUT2D eigenvalue weighted by Gasteiger charge is 2.23. The van der Waals surface area contributed by atoms with Crippen LogP contribution in [0.3, 0.4) is 0 Å². The van der Waals surface area contributed by atoms with Crippen LogP contribution in [0.1, 0.15) is 54.6 Å². The summed E-state index contributed by atoms with van der Waals surface area (Å²) in [5, 5.41) is 9.80. The lowest BCUT2D eigenvalue weighted by Gasteiger charge is -2.18. The fourth-order valence-electron chi connectivity index (χ4n) is 3.08. The highest BCUT2D eigenvalue weighted by Crippen LogP contribution is 2.37. The third-order valence-corrected chi connectivity index (χ3v) is 4.51. The quantitative estimate of drug-likeness (QED) is 0.688. The van der Waals surface area contributed by atoms with Gasteiger partial charge in [0.2, 0.25) is 0 Å². The Morgan fingerprint density at radius 3 is 2.58 bits per heavy atom. The van der Waals surface area contributed by atoms with Crippen molar-refractivity contribution in [2.45, 2.75) is 39.5 Å². The summed E-state index contributed by atoms with van der Waals surface area (Å²) in [4.78, 5) is 12.0. The molecule has 1 aromatic carbocycles. The number of hydrogen-bond donors (Lipinski definition) is 1. The molecule has 2 rings (SSSR count).